The number of methoxy groups -OCH3 is 1. The molecule has 0 aromatic heterocycles. The van der Waals surface area contributed by atoms with Gasteiger partial charge in [-0.25, -0.2) is 0 Å². The average molecular weight is 375 g/mol. The van der Waals surface area contributed by atoms with Gasteiger partial charge in [0.1, 0.15) is 0 Å². The molecule has 0 heterocycles. The quantitative estimate of drug-likeness (QED) is 0.428. The lowest BCUT2D eigenvalue weighted by Gasteiger charge is -2.15. The third-order valence-corrected chi connectivity index (χ3v) is 3.06. The van der Waals surface area contributed by atoms with Crippen LogP contribution in [0.5, 0.6) is 11.5 Å². The highest BCUT2D eigenvalue weighted by molar-refractivity contribution is 7.80. The van der Waals surface area contributed by atoms with Crippen LogP contribution in [0.1, 0.15) is 24.2 Å². The first kappa shape index (κ1) is 19.8. The highest BCUT2D eigenvalue weighted by Gasteiger charge is 2.16. The number of carbonyl (C=O) groups is 2. The van der Waals surface area contributed by atoms with Crippen molar-refractivity contribution in [3.05, 3.63) is 22.7 Å². The first-order valence-electron chi connectivity index (χ1n) is 6.90. The highest BCUT2D eigenvalue weighted by Crippen LogP contribution is 2.36. The molecular formula is C14H19ClN4O4S. The zero-order valence-electron chi connectivity index (χ0n) is 13.4. The van der Waals surface area contributed by atoms with Gasteiger partial charge in [-0.15, -0.1) is 0 Å². The molecule has 0 aliphatic heterocycles. The number of carbonyl (C=O) groups excluding carboxylic acids is 2. The maximum absolute atomic E-state index is 12.1. The number of thiocarbonyl (C=S) groups is 1. The molecule has 1 aromatic carbocycles. The molecule has 132 valence electrons. The smallest absolute Gasteiger partial charge is 0.269 e. The first-order chi connectivity index (χ1) is 11.2. The minimum atomic E-state index is -0.662. The SMILES string of the molecule is COc1cc(C(=O)NNC(=S)NC(C)C)cc(Cl)c1OCC(N)=O. The van der Waals surface area contributed by atoms with E-state index in [0.29, 0.717) is 0 Å². The third-order valence-electron chi connectivity index (χ3n) is 2.56. The second kappa shape index (κ2) is 9.14. The number of benzene rings is 1. The van der Waals surface area contributed by atoms with E-state index in [4.69, 9.17) is 39.0 Å². The fourth-order valence-corrected chi connectivity index (χ4v) is 2.17. The van der Waals surface area contributed by atoms with Gasteiger partial charge < -0.3 is 20.5 Å². The molecule has 8 nitrogen and oxygen atoms in total. The molecule has 0 aliphatic carbocycles. The van der Waals surface area contributed by atoms with Gasteiger partial charge in [-0.1, -0.05) is 11.6 Å². The van der Waals surface area contributed by atoms with Crippen LogP contribution in [0.25, 0.3) is 0 Å². The van der Waals surface area contributed by atoms with E-state index in [2.05, 4.69) is 16.2 Å². The molecule has 1 aromatic rings. The van der Waals surface area contributed by atoms with Crippen LogP contribution in [0.15, 0.2) is 12.1 Å². The van der Waals surface area contributed by atoms with Crippen LogP contribution >= 0.6 is 23.8 Å². The number of amides is 2. The fraction of sp³-hybridized carbons (Fsp3) is 0.357. The number of hydrogen-bond acceptors (Lipinski definition) is 5. The third kappa shape index (κ3) is 6.09. The van der Waals surface area contributed by atoms with Crippen molar-refractivity contribution in [3.8, 4) is 11.5 Å². The molecule has 0 spiro atoms. The van der Waals surface area contributed by atoms with E-state index < -0.39 is 11.8 Å². The Kier molecular flexibility index (Phi) is 7.53. The molecule has 5 N–H and O–H groups in total. The Labute approximate surface area is 150 Å². The molecule has 0 fully saturated rings. The zero-order chi connectivity index (χ0) is 18.3. The summed E-state index contributed by atoms with van der Waals surface area (Å²) in [6, 6.07) is 2.91. The topological polar surface area (TPSA) is 115 Å². The number of ether oxygens (including phenoxy) is 2. The van der Waals surface area contributed by atoms with Crippen LogP contribution in [0.3, 0.4) is 0 Å². The van der Waals surface area contributed by atoms with Crippen molar-refractivity contribution in [1.82, 2.24) is 16.2 Å². The maximum atomic E-state index is 12.1. The lowest BCUT2D eigenvalue weighted by atomic mass is 10.2. The predicted molar refractivity (Wildman–Crippen MR) is 94.2 cm³/mol. The molecule has 0 aliphatic rings. The molecule has 0 bridgehead atoms. The van der Waals surface area contributed by atoms with Crippen molar-refractivity contribution >= 4 is 40.7 Å². The fourth-order valence-electron chi connectivity index (χ4n) is 1.62. The standard InChI is InChI=1S/C14H19ClN4O4S/c1-7(2)17-14(24)19-18-13(21)8-4-9(15)12(10(5-8)22-3)23-6-11(16)20/h4-5,7H,6H2,1-3H3,(H2,16,20)(H,18,21)(H2,17,19,24). The van der Waals surface area contributed by atoms with Crippen LogP contribution in [-0.2, 0) is 4.79 Å². The molecular weight excluding hydrogens is 356 g/mol. The Morgan fingerprint density at radius 3 is 2.54 bits per heavy atom. The molecule has 0 unspecified atom stereocenters. The van der Waals surface area contributed by atoms with Gasteiger partial charge in [-0.2, -0.15) is 0 Å². The van der Waals surface area contributed by atoms with E-state index >= 15 is 0 Å². The van der Waals surface area contributed by atoms with Gasteiger partial charge >= 0.3 is 0 Å². The van der Waals surface area contributed by atoms with E-state index in [-0.39, 0.29) is 39.8 Å². The second-order valence-electron chi connectivity index (χ2n) is 4.95. The molecule has 0 atom stereocenters. The lowest BCUT2D eigenvalue weighted by Crippen LogP contribution is -2.48. The molecule has 10 heteroatoms. The van der Waals surface area contributed by atoms with Crippen LogP contribution in [0.2, 0.25) is 5.02 Å². The van der Waals surface area contributed by atoms with E-state index in [1.54, 1.807) is 0 Å². The van der Waals surface area contributed by atoms with Crippen molar-refractivity contribution in [2.24, 2.45) is 5.73 Å². The van der Waals surface area contributed by atoms with Gasteiger partial charge in [0, 0.05) is 11.6 Å². The number of halogens is 1. The van der Waals surface area contributed by atoms with Crippen molar-refractivity contribution in [2.45, 2.75) is 19.9 Å². The Hall–Kier alpha value is -2.26. The van der Waals surface area contributed by atoms with E-state index in [1.165, 1.54) is 19.2 Å². The molecule has 0 radical (unpaired) electrons. The number of rotatable bonds is 6. The Morgan fingerprint density at radius 2 is 2.00 bits per heavy atom. The Bertz CT molecular complexity index is 639. The Morgan fingerprint density at radius 1 is 1.33 bits per heavy atom. The normalized spacial score (nSPS) is 10.0. The lowest BCUT2D eigenvalue weighted by molar-refractivity contribution is -0.119. The van der Waals surface area contributed by atoms with E-state index in [0.717, 1.165) is 0 Å². The summed E-state index contributed by atoms with van der Waals surface area (Å²) in [6.07, 6.45) is 0. The molecule has 24 heavy (non-hydrogen) atoms. The first-order valence-corrected chi connectivity index (χ1v) is 7.68. The summed E-state index contributed by atoms with van der Waals surface area (Å²) in [6.45, 7) is 3.45. The number of primary amides is 1. The largest absolute Gasteiger partial charge is 0.493 e. The summed E-state index contributed by atoms with van der Waals surface area (Å²) in [7, 11) is 1.38. The minimum absolute atomic E-state index is 0.101. The van der Waals surface area contributed by atoms with Gasteiger partial charge in [0.15, 0.2) is 23.2 Å². The second-order valence-corrected chi connectivity index (χ2v) is 5.77. The summed E-state index contributed by atoms with van der Waals surface area (Å²) in [5.74, 6) is -0.828. The van der Waals surface area contributed by atoms with Gasteiger partial charge in [0.2, 0.25) is 0 Å². The summed E-state index contributed by atoms with van der Waals surface area (Å²) in [5, 5.41) is 3.29. The van der Waals surface area contributed by atoms with Gasteiger partial charge in [-0.3, -0.25) is 20.4 Å². The van der Waals surface area contributed by atoms with Gasteiger partial charge in [-0.05, 0) is 38.2 Å². The van der Waals surface area contributed by atoms with Crippen molar-refractivity contribution in [2.75, 3.05) is 13.7 Å². The number of nitrogens with two attached hydrogens (primary N) is 1. The van der Waals surface area contributed by atoms with Crippen molar-refractivity contribution in [3.63, 3.8) is 0 Å². The number of hydrazine groups is 1. The average Bonchev–Trinajstić information content (AvgIpc) is 2.49. The number of hydrogen-bond donors (Lipinski definition) is 4. The zero-order valence-corrected chi connectivity index (χ0v) is 15.0. The maximum Gasteiger partial charge on any atom is 0.269 e. The van der Waals surface area contributed by atoms with Crippen molar-refractivity contribution in [1.29, 1.82) is 0 Å². The summed E-state index contributed by atoms with van der Waals surface area (Å²) >= 11 is 11.1. The van der Waals surface area contributed by atoms with E-state index in [9.17, 15) is 9.59 Å². The summed E-state index contributed by atoms with van der Waals surface area (Å²) in [5.41, 5.74) is 10.2. The van der Waals surface area contributed by atoms with Crippen LogP contribution < -0.4 is 31.4 Å². The van der Waals surface area contributed by atoms with Gasteiger partial charge in [0.25, 0.3) is 11.8 Å². The molecule has 0 saturated carbocycles. The van der Waals surface area contributed by atoms with Crippen molar-refractivity contribution < 1.29 is 19.1 Å². The number of nitrogens with one attached hydrogen (secondary N) is 3. The predicted octanol–water partition coefficient (Wildman–Crippen LogP) is 0.730. The summed E-state index contributed by atoms with van der Waals surface area (Å²) < 4.78 is 10.3. The van der Waals surface area contributed by atoms with Crippen LogP contribution in [0, 0.1) is 0 Å². The molecule has 1 rings (SSSR count). The minimum Gasteiger partial charge on any atom is -0.493 e. The van der Waals surface area contributed by atoms with Crippen LogP contribution in [0.4, 0.5) is 0 Å². The molecule has 2 amide bonds. The molecule has 0 saturated heterocycles. The Balaban J connectivity index is 2.85. The summed E-state index contributed by atoms with van der Waals surface area (Å²) in [4.78, 5) is 22.9. The van der Waals surface area contributed by atoms with Gasteiger partial charge in [0.05, 0.1) is 12.1 Å². The van der Waals surface area contributed by atoms with E-state index in [1.807, 2.05) is 13.8 Å². The monoisotopic (exact) mass is 374 g/mol. The van der Waals surface area contributed by atoms with Crippen LogP contribution in [-0.4, -0.2) is 36.7 Å². The highest BCUT2D eigenvalue weighted by atomic mass is 35.5.